The topological polar surface area (TPSA) is 59.9 Å². The molecule has 0 atom stereocenters. The van der Waals surface area contributed by atoms with Crippen molar-refractivity contribution >= 4 is 0 Å². The summed E-state index contributed by atoms with van der Waals surface area (Å²) in [4.78, 5) is 31.4. The summed E-state index contributed by atoms with van der Waals surface area (Å²) in [6.07, 6.45) is 0. The Morgan fingerprint density at radius 2 is 1.33 bits per heavy atom. The van der Waals surface area contributed by atoms with Crippen LogP contribution in [0.3, 0.4) is 0 Å². The molecule has 0 fully saturated rings. The van der Waals surface area contributed by atoms with Crippen LogP contribution in [0.15, 0.2) is 9.59 Å². The molecular weight excluding hydrogens is 228 g/mol. The van der Waals surface area contributed by atoms with Crippen molar-refractivity contribution in [3.63, 3.8) is 0 Å². The maximum atomic E-state index is 11.7. The van der Waals surface area contributed by atoms with Crippen LogP contribution in [-0.2, 0) is 10.8 Å². The van der Waals surface area contributed by atoms with E-state index in [0.29, 0.717) is 5.69 Å². The molecule has 2 rings (SSSR count). The van der Waals surface area contributed by atoms with Crippen LogP contribution >= 0.6 is 0 Å². The summed E-state index contributed by atoms with van der Waals surface area (Å²) in [7, 11) is 0. The zero-order valence-corrected chi connectivity index (χ0v) is 11.7. The molecule has 0 radical (unpaired) electrons. The fourth-order valence-corrected chi connectivity index (χ4v) is 2.23. The second-order valence-electron chi connectivity index (χ2n) is 6.78. The Morgan fingerprint density at radius 3 is 1.78 bits per heavy atom. The van der Waals surface area contributed by atoms with E-state index in [0.717, 1.165) is 11.3 Å². The summed E-state index contributed by atoms with van der Waals surface area (Å²) in [5.74, 6) is 0. The van der Waals surface area contributed by atoms with Crippen molar-refractivity contribution in [3.8, 4) is 11.4 Å². The Morgan fingerprint density at radius 1 is 0.778 bits per heavy atom. The van der Waals surface area contributed by atoms with Crippen LogP contribution in [0.2, 0.25) is 0 Å². The molecule has 0 saturated heterocycles. The lowest BCUT2D eigenvalue weighted by molar-refractivity contribution is 0.522. The van der Waals surface area contributed by atoms with Crippen LogP contribution in [0, 0.1) is 0 Å². The van der Waals surface area contributed by atoms with Crippen molar-refractivity contribution < 1.29 is 0 Å². The lowest BCUT2D eigenvalue weighted by Crippen LogP contribution is -2.23. The Balaban J connectivity index is 2.91. The highest BCUT2D eigenvalue weighted by molar-refractivity contribution is 5.67. The Bertz CT molecular complexity index is 650. The second kappa shape index (κ2) is 3.46. The standard InChI is InChI=1S/C14H18N2O2/c1-13(2,3)7-8-9(10(17)12(18)16-8)15-11(7)14(4,5)6/h1-6H3. The zero-order valence-electron chi connectivity index (χ0n) is 11.7. The van der Waals surface area contributed by atoms with Gasteiger partial charge in [-0.1, -0.05) is 41.5 Å². The third-order valence-electron chi connectivity index (χ3n) is 3.00. The summed E-state index contributed by atoms with van der Waals surface area (Å²) >= 11 is 0. The molecule has 0 aromatic rings. The van der Waals surface area contributed by atoms with Crippen LogP contribution in [0.5, 0.6) is 0 Å². The highest BCUT2D eigenvalue weighted by Crippen LogP contribution is 2.39. The summed E-state index contributed by atoms with van der Waals surface area (Å²) in [6.45, 7) is 12.3. The lowest BCUT2D eigenvalue weighted by Gasteiger charge is -2.25. The van der Waals surface area contributed by atoms with Crippen LogP contribution in [0.1, 0.15) is 52.8 Å². The third-order valence-corrected chi connectivity index (χ3v) is 3.00. The van der Waals surface area contributed by atoms with Crippen molar-refractivity contribution in [2.24, 2.45) is 0 Å². The number of nitrogens with zero attached hydrogens (tertiary/aromatic N) is 2. The van der Waals surface area contributed by atoms with Crippen LogP contribution in [0.25, 0.3) is 11.4 Å². The smallest absolute Gasteiger partial charge is 0.281 e. The highest BCUT2D eigenvalue weighted by atomic mass is 16.2. The fraction of sp³-hybridized carbons (Fsp3) is 0.571. The largest absolute Gasteiger partial charge is 0.320 e. The molecule has 2 aliphatic rings. The zero-order chi connectivity index (χ0) is 13.9. The first-order valence-electron chi connectivity index (χ1n) is 6.05. The SMILES string of the molecule is CC(C)(C)c1nc2c(=O)c(=O)nc-2c1C(C)(C)C. The van der Waals surface area contributed by atoms with E-state index in [4.69, 9.17) is 0 Å². The Hall–Kier alpha value is -1.58. The number of fused-ring (bicyclic) bond motifs is 1. The van der Waals surface area contributed by atoms with Gasteiger partial charge in [0, 0.05) is 11.0 Å². The fourth-order valence-electron chi connectivity index (χ4n) is 2.23. The molecule has 2 heterocycles. The Kier molecular flexibility index (Phi) is 2.48. The van der Waals surface area contributed by atoms with Gasteiger partial charge >= 0.3 is 5.56 Å². The van der Waals surface area contributed by atoms with Crippen molar-refractivity contribution in [1.29, 1.82) is 0 Å². The third kappa shape index (κ3) is 1.76. The molecule has 0 aliphatic carbocycles. The predicted octanol–water partition coefficient (Wildman–Crippen LogP) is 1.77. The maximum absolute atomic E-state index is 11.7. The summed E-state index contributed by atoms with van der Waals surface area (Å²) in [5.41, 5.74) is 0.860. The monoisotopic (exact) mass is 246 g/mol. The van der Waals surface area contributed by atoms with Gasteiger partial charge in [0.2, 0.25) is 0 Å². The highest BCUT2D eigenvalue weighted by Gasteiger charge is 2.36. The van der Waals surface area contributed by atoms with Gasteiger partial charge < -0.3 is 0 Å². The molecule has 0 aromatic heterocycles. The van der Waals surface area contributed by atoms with Gasteiger partial charge in [0.25, 0.3) is 5.43 Å². The lowest BCUT2D eigenvalue weighted by atomic mass is 9.79. The van der Waals surface area contributed by atoms with Gasteiger partial charge in [-0.15, -0.1) is 0 Å². The molecule has 0 spiro atoms. The number of aromatic nitrogens is 2. The first kappa shape index (κ1) is 12.9. The van der Waals surface area contributed by atoms with Crippen LogP contribution < -0.4 is 11.0 Å². The van der Waals surface area contributed by atoms with Crippen LogP contribution in [-0.4, -0.2) is 9.97 Å². The van der Waals surface area contributed by atoms with Crippen molar-refractivity contribution in [2.75, 3.05) is 0 Å². The van der Waals surface area contributed by atoms with E-state index in [1.807, 2.05) is 41.5 Å². The van der Waals surface area contributed by atoms with Crippen molar-refractivity contribution in [1.82, 2.24) is 9.97 Å². The van der Waals surface area contributed by atoms with Gasteiger partial charge in [-0.25, -0.2) is 9.97 Å². The minimum atomic E-state index is -0.696. The normalized spacial score (nSPS) is 13.4. The molecule has 4 nitrogen and oxygen atoms in total. The number of hydrogen-bond acceptors (Lipinski definition) is 4. The number of hydrogen-bond donors (Lipinski definition) is 0. The van der Waals surface area contributed by atoms with Gasteiger partial charge in [-0.2, -0.15) is 0 Å². The molecule has 96 valence electrons. The molecule has 4 heteroatoms. The van der Waals surface area contributed by atoms with E-state index < -0.39 is 11.0 Å². The van der Waals surface area contributed by atoms with Gasteiger partial charge in [-0.05, 0) is 5.41 Å². The molecule has 0 saturated carbocycles. The van der Waals surface area contributed by atoms with E-state index in [2.05, 4.69) is 9.97 Å². The van der Waals surface area contributed by atoms with Crippen molar-refractivity contribution in [2.45, 2.75) is 52.4 Å². The van der Waals surface area contributed by atoms with E-state index in [9.17, 15) is 9.59 Å². The van der Waals surface area contributed by atoms with Gasteiger partial charge in [0.15, 0.2) is 0 Å². The summed E-state index contributed by atoms with van der Waals surface area (Å²) in [5, 5.41) is 0. The average Bonchev–Trinajstić information content (AvgIpc) is 2.64. The first-order valence-corrected chi connectivity index (χ1v) is 6.05. The van der Waals surface area contributed by atoms with Gasteiger partial charge in [-0.3, -0.25) is 9.59 Å². The molecule has 2 aliphatic heterocycles. The molecular formula is C14H18N2O2. The molecule has 0 N–H and O–H groups in total. The van der Waals surface area contributed by atoms with Gasteiger partial charge in [0.1, 0.15) is 11.4 Å². The van der Waals surface area contributed by atoms with Crippen LogP contribution in [0.4, 0.5) is 0 Å². The van der Waals surface area contributed by atoms with E-state index in [1.54, 1.807) is 0 Å². The van der Waals surface area contributed by atoms with E-state index in [-0.39, 0.29) is 16.5 Å². The first-order chi connectivity index (χ1) is 8.03. The summed E-state index contributed by atoms with van der Waals surface area (Å²) < 4.78 is 0. The number of rotatable bonds is 0. The summed E-state index contributed by atoms with van der Waals surface area (Å²) in [6, 6.07) is 0. The Labute approximate surface area is 106 Å². The molecule has 0 amide bonds. The maximum Gasteiger partial charge on any atom is 0.320 e. The minimum Gasteiger partial charge on any atom is -0.281 e. The second-order valence-corrected chi connectivity index (χ2v) is 6.78. The van der Waals surface area contributed by atoms with E-state index in [1.165, 1.54) is 0 Å². The average molecular weight is 246 g/mol. The van der Waals surface area contributed by atoms with Gasteiger partial charge in [0.05, 0.1) is 5.69 Å². The quantitative estimate of drug-likeness (QED) is 0.665. The molecule has 18 heavy (non-hydrogen) atoms. The minimum absolute atomic E-state index is 0.175. The van der Waals surface area contributed by atoms with Crippen molar-refractivity contribution in [3.05, 3.63) is 31.8 Å². The van der Waals surface area contributed by atoms with E-state index >= 15 is 0 Å². The molecule has 0 unspecified atom stereocenters. The molecule has 0 bridgehead atoms. The predicted molar refractivity (Wildman–Crippen MR) is 71.0 cm³/mol. The molecule has 0 aromatic carbocycles.